The number of rotatable bonds is 28. The topological polar surface area (TPSA) is 147 Å². The van der Waals surface area contributed by atoms with Gasteiger partial charge in [-0.2, -0.15) is 22.3 Å². The van der Waals surface area contributed by atoms with E-state index >= 15 is 0 Å². The Morgan fingerprint density at radius 3 is 2.21 bits per heavy atom. The number of amides is 2. The summed E-state index contributed by atoms with van der Waals surface area (Å²) in [5.74, 6) is -2.30. The average Bonchev–Trinajstić information content (AvgIpc) is 3.22. The van der Waals surface area contributed by atoms with Crippen molar-refractivity contribution in [3.8, 4) is 17.0 Å². The van der Waals surface area contributed by atoms with Crippen LogP contribution in [0.1, 0.15) is 137 Å². The molecule has 4 rings (SSSR count). The summed E-state index contributed by atoms with van der Waals surface area (Å²) in [7, 11) is 0. The zero-order valence-electron chi connectivity index (χ0n) is 36.4. The van der Waals surface area contributed by atoms with Crippen molar-refractivity contribution >= 4 is 29.6 Å². The fourth-order valence-electron chi connectivity index (χ4n) is 7.43. The Balaban J connectivity index is 1.59. The zero-order chi connectivity index (χ0) is 45.1. The van der Waals surface area contributed by atoms with E-state index < -0.39 is 48.5 Å². The summed E-state index contributed by atoms with van der Waals surface area (Å²) in [5.41, 5.74) is 0.613. The lowest BCUT2D eigenvalue weighted by molar-refractivity contribution is -0.605. The van der Waals surface area contributed by atoms with Gasteiger partial charge in [-0.25, -0.2) is 24.5 Å². The number of cyclic esters (lactones) is 1. The SMILES string of the molecule is CCCCCCCCCCC[C@@H](C[C@@H]1OC(=O)[C@H]1CCCCCC)OC(=O)[C@H](CC(C)C)NC(=O)N(c1cccc(OC(F)(F)C(F)F)c1)c1nccc(-c2cc[n+]([O-])cc2)n1. The molecule has 1 fully saturated rings. The fraction of sp³-hybridized carbons (Fsp3) is 0.609. The molecule has 1 saturated heterocycles. The molecular weight excluding hydrogens is 811 g/mol. The van der Waals surface area contributed by atoms with Crippen LogP contribution in [0.4, 0.5) is 34.0 Å². The summed E-state index contributed by atoms with van der Waals surface area (Å²) < 4.78 is 71.0. The molecule has 0 radical (unpaired) electrons. The third-order valence-corrected chi connectivity index (χ3v) is 10.8. The first kappa shape index (κ1) is 49.6. The molecule has 2 aromatic heterocycles. The van der Waals surface area contributed by atoms with Crippen molar-refractivity contribution in [2.75, 3.05) is 4.90 Å². The van der Waals surface area contributed by atoms with Gasteiger partial charge in [0.25, 0.3) is 0 Å². The van der Waals surface area contributed by atoms with E-state index in [1.54, 1.807) is 0 Å². The van der Waals surface area contributed by atoms with Gasteiger partial charge in [-0.1, -0.05) is 111 Å². The number of esters is 2. The lowest BCUT2D eigenvalue weighted by Gasteiger charge is -2.37. The zero-order valence-corrected chi connectivity index (χ0v) is 36.4. The first-order valence-corrected chi connectivity index (χ1v) is 22.2. The Bertz CT molecular complexity index is 1840. The molecule has 1 aromatic carbocycles. The number of benzene rings is 1. The summed E-state index contributed by atoms with van der Waals surface area (Å²) in [4.78, 5) is 50.9. The summed E-state index contributed by atoms with van der Waals surface area (Å²) in [6.45, 7) is 8.04. The Labute approximate surface area is 362 Å². The van der Waals surface area contributed by atoms with Crippen LogP contribution < -0.4 is 19.7 Å². The number of aromatic nitrogens is 3. The molecule has 0 saturated carbocycles. The van der Waals surface area contributed by atoms with Gasteiger partial charge in [-0.3, -0.25) is 4.79 Å². The van der Waals surface area contributed by atoms with E-state index in [4.69, 9.17) is 9.47 Å². The highest BCUT2D eigenvalue weighted by molar-refractivity contribution is 6.00. The summed E-state index contributed by atoms with van der Waals surface area (Å²) in [6.07, 6.45) is 9.57. The van der Waals surface area contributed by atoms with Crippen molar-refractivity contribution in [1.82, 2.24) is 15.3 Å². The lowest BCUT2D eigenvalue weighted by atomic mass is 9.86. The Hall–Kier alpha value is -5.02. The van der Waals surface area contributed by atoms with E-state index in [0.717, 1.165) is 68.4 Å². The predicted octanol–water partition coefficient (Wildman–Crippen LogP) is 11.0. The second-order valence-electron chi connectivity index (χ2n) is 16.5. The van der Waals surface area contributed by atoms with Crippen molar-refractivity contribution in [2.24, 2.45) is 11.8 Å². The highest BCUT2D eigenvalue weighted by atomic mass is 19.3. The second kappa shape index (κ2) is 25.2. The minimum absolute atomic E-state index is 0.119. The summed E-state index contributed by atoms with van der Waals surface area (Å²) >= 11 is 0. The van der Waals surface area contributed by atoms with Crippen LogP contribution in [0.15, 0.2) is 61.1 Å². The van der Waals surface area contributed by atoms with Gasteiger partial charge in [0.15, 0.2) is 12.4 Å². The highest BCUT2D eigenvalue weighted by Crippen LogP contribution is 2.34. The number of halogens is 4. The number of unbranched alkanes of at least 4 members (excludes halogenated alkanes) is 11. The second-order valence-corrected chi connectivity index (χ2v) is 16.5. The Morgan fingerprint density at radius 1 is 0.935 bits per heavy atom. The molecular formula is C46H63F4N5O7. The van der Waals surface area contributed by atoms with Crippen LogP contribution in [0.5, 0.6) is 5.75 Å². The van der Waals surface area contributed by atoms with Crippen molar-refractivity contribution in [3.63, 3.8) is 0 Å². The highest BCUT2D eigenvalue weighted by Gasteiger charge is 2.45. The van der Waals surface area contributed by atoms with E-state index in [0.29, 0.717) is 29.6 Å². The van der Waals surface area contributed by atoms with Crippen molar-refractivity contribution in [3.05, 3.63) is 66.3 Å². The number of anilines is 2. The third-order valence-electron chi connectivity index (χ3n) is 10.8. The van der Waals surface area contributed by atoms with Gasteiger partial charge in [0, 0.05) is 36.4 Å². The molecule has 1 aliphatic rings. The number of carbonyl (C=O) groups excluding carboxylic acids is 3. The molecule has 4 atom stereocenters. The number of ether oxygens (including phenoxy) is 3. The molecule has 16 heteroatoms. The number of carbonyl (C=O) groups is 3. The molecule has 1 N–H and O–H groups in total. The van der Waals surface area contributed by atoms with Crippen molar-refractivity contribution < 1.29 is 50.9 Å². The molecule has 0 spiro atoms. The number of urea groups is 1. The standard InChI is InChI=1S/C46H63F4N5O7/c1-5-7-9-11-12-13-14-15-16-20-35(31-40-37(41(56)61-40)22-17-10-8-6-2)60-42(57)39(29-32(3)4)53-45(58)55(34-19-18-21-36(30-34)62-46(49,50)43(47)48)44-51-26-23-38(52-44)33-24-27-54(59)28-25-33/h18-19,21,23-28,30,32,35,37,39-40,43H,5-17,20,22,29,31H2,1-4H3,(H,53,58)/t35-,37-,39-,40-/m0/s1. The lowest BCUT2D eigenvalue weighted by Crippen LogP contribution is -2.50. The molecule has 2 amide bonds. The van der Waals surface area contributed by atoms with Crippen LogP contribution in [0.3, 0.4) is 0 Å². The summed E-state index contributed by atoms with van der Waals surface area (Å²) in [5, 5.41) is 14.5. The molecule has 0 unspecified atom stereocenters. The Kier molecular flexibility index (Phi) is 20.2. The minimum atomic E-state index is -4.84. The number of alkyl halides is 4. The molecule has 12 nitrogen and oxygen atoms in total. The monoisotopic (exact) mass is 873 g/mol. The van der Waals surface area contributed by atoms with Crippen molar-refractivity contribution in [2.45, 2.75) is 168 Å². The van der Waals surface area contributed by atoms with Crippen LogP contribution >= 0.6 is 0 Å². The summed E-state index contributed by atoms with van der Waals surface area (Å²) in [6, 6.07) is 6.87. The number of hydrogen-bond acceptors (Lipinski definition) is 9. The van der Waals surface area contributed by atoms with Gasteiger partial charge >= 0.3 is 30.5 Å². The molecule has 3 heterocycles. The van der Waals surface area contributed by atoms with Crippen LogP contribution in [-0.2, 0) is 19.1 Å². The van der Waals surface area contributed by atoms with Gasteiger partial charge in [0.2, 0.25) is 5.95 Å². The minimum Gasteiger partial charge on any atom is -0.619 e. The average molecular weight is 874 g/mol. The van der Waals surface area contributed by atoms with Crippen LogP contribution in [0, 0.1) is 17.0 Å². The molecule has 0 aliphatic carbocycles. The van der Waals surface area contributed by atoms with E-state index in [1.165, 1.54) is 81.0 Å². The molecule has 3 aromatic rings. The van der Waals surface area contributed by atoms with Gasteiger partial charge in [-0.05, 0) is 49.8 Å². The van der Waals surface area contributed by atoms with Crippen LogP contribution in [0.2, 0.25) is 0 Å². The maximum absolute atomic E-state index is 14.5. The van der Waals surface area contributed by atoms with E-state index in [9.17, 15) is 37.2 Å². The predicted molar refractivity (Wildman–Crippen MR) is 227 cm³/mol. The van der Waals surface area contributed by atoms with Gasteiger partial charge < -0.3 is 24.7 Å². The third kappa shape index (κ3) is 15.7. The largest absolute Gasteiger partial charge is 0.619 e. The van der Waals surface area contributed by atoms with E-state index in [1.807, 2.05) is 13.8 Å². The number of pyridine rings is 1. The first-order valence-electron chi connectivity index (χ1n) is 22.2. The molecule has 62 heavy (non-hydrogen) atoms. The molecule has 342 valence electrons. The van der Waals surface area contributed by atoms with Crippen molar-refractivity contribution in [1.29, 1.82) is 0 Å². The van der Waals surface area contributed by atoms with Gasteiger partial charge in [0.05, 0.1) is 17.3 Å². The normalized spacial score (nSPS) is 16.1. The maximum Gasteiger partial charge on any atom is 0.461 e. The maximum atomic E-state index is 14.5. The van der Waals surface area contributed by atoms with E-state index in [2.05, 4.69) is 33.9 Å². The molecule has 0 bridgehead atoms. The molecule has 1 aliphatic heterocycles. The number of hydrogen-bond donors (Lipinski definition) is 1. The smallest absolute Gasteiger partial charge is 0.461 e. The fourth-order valence-corrected chi connectivity index (χ4v) is 7.43. The van der Waals surface area contributed by atoms with Gasteiger partial charge in [0.1, 0.15) is 24.0 Å². The van der Waals surface area contributed by atoms with Crippen LogP contribution in [0.25, 0.3) is 11.3 Å². The number of nitrogens with zero attached hydrogens (tertiary/aromatic N) is 4. The number of nitrogens with one attached hydrogen (secondary N) is 1. The van der Waals surface area contributed by atoms with Gasteiger partial charge in [-0.15, -0.1) is 0 Å². The first-order chi connectivity index (χ1) is 29.7. The Morgan fingerprint density at radius 2 is 1.58 bits per heavy atom. The van der Waals surface area contributed by atoms with E-state index in [-0.39, 0.29) is 41.6 Å². The quantitative estimate of drug-likeness (QED) is 0.0247. The van der Waals surface area contributed by atoms with Crippen LogP contribution in [-0.4, -0.2) is 58.7 Å².